The Morgan fingerprint density at radius 2 is 2.28 bits per heavy atom. The van der Waals surface area contributed by atoms with Crippen molar-refractivity contribution in [1.82, 2.24) is 0 Å². The Hall–Kier alpha value is -2.02. The number of hydrogen-bond acceptors (Lipinski definition) is 5. The van der Waals surface area contributed by atoms with Gasteiger partial charge < -0.3 is 10.5 Å². The minimum atomic E-state index is -0.923. The molecule has 0 aliphatic heterocycles. The maximum Gasteiger partial charge on any atom is 0.323 e. The lowest BCUT2D eigenvalue weighted by molar-refractivity contribution is -0.387. The van der Waals surface area contributed by atoms with E-state index in [9.17, 15) is 19.3 Å². The summed E-state index contributed by atoms with van der Waals surface area (Å²) >= 11 is 0. The molecule has 0 radical (unpaired) electrons. The summed E-state index contributed by atoms with van der Waals surface area (Å²) in [6, 6.07) is 2.47. The molecule has 2 N–H and O–H groups in total. The highest BCUT2D eigenvalue weighted by Crippen LogP contribution is 2.19. The van der Waals surface area contributed by atoms with E-state index < -0.39 is 28.4 Å². The largest absolute Gasteiger partial charge is 0.465 e. The second-order valence-electron chi connectivity index (χ2n) is 3.61. The summed E-state index contributed by atoms with van der Waals surface area (Å²) in [6.45, 7) is 1.85. The quantitative estimate of drug-likeness (QED) is 0.484. The molecule has 0 spiro atoms. The SMILES string of the molecule is CCOC(=O)C(N)Cc1ccc(F)c([N+](=O)[O-])c1. The topological polar surface area (TPSA) is 95.5 Å². The van der Waals surface area contributed by atoms with E-state index in [0.29, 0.717) is 5.56 Å². The van der Waals surface area contributed by atoms with Gasteiger partial charge in [-0.3, -0.25) is 14.9 Å². The van der Waals surface area contributed by atoms with E-state index in [4.69, 9.17) is 10.5 Å². The molecule has 0 amide bonds. The molecule has 6 nitrogen and oxygen atoms in total. The normalized spacial score (nSPS) is 11.9. The molecule has 0 aliphatic carbocycles. The van der Waals surface area contributed by atoms with Crippen LogP contribution in [0.1, 0.15) is 12.5 Å². The Morgan fingerprint density at radius 3 is 2.83 bits per heavy atom. The summed E-state index contributed by atoms with van der Waals surface area (Å²) < 4.78 is 17.8. The lowest BCUT2D eigenvalue weighted by Gasteiger charge is -2.10. The molecular formula is C11H13FN2O4. The van der Waals surface area contributed by atoms with E-state index in [1.165, 1.54) is 6.07 Å². The van der Waals surface area contributed by atoms with E-state index in [1.54, 1.807) is 6.92 Å². The van der Waals surface area contributed by atoms with Gasteiger partial charge in [0.05, 0.1) is 11.5 Å². The Morgan fingerprint density at radius 1 is 1.61 bits per heavy atom. The zero-order valence-electron chi connectivity index (χ0n) is 9.76. The average molecular weight is 256 g/mol. The molecule has 18 heavy (non-hydrogen) atoms. The van der Waals surface area contributed by atoms with Crippen LogP contribution >= 0.6 is 0 Å². The lowest BCUT2D eigenvalue weighted by Crippen LogP contribution is -2.34. The molecule has 1 aromatic carbocycles. The number of nitro groups is 1. The fourth-order valence-electron chi connectivity index (χ4n) is 1.41. The summed E-state index contributed by atoms with van der Waals surface area (Å²) in [4.78, 5) is 21.0. The molecule has 1 aromatic rings. The van der Waals surface area contributed by atoms with Gasteiger partial charge in [-0.25, -0.2) is 0 Å². The van der Waals surface area contributed by atoms with Crippen LogP contribution in [0.5, 0.6) is 0 Å². The monoisotopic (exact) mass is 256 g/mol. The number of hydrogen-bond donors (Lipinski definition) is 1. The van der Waals surface area contributed by atoms with Crippen LogP contribution in [0, 0.1) is 15.9 Å². The Bertz CT molecular complexity index is 464. The van der Waals surface area contributed by atoms with Crippen molar-refractivity contribution in [3.05, 3.63) is 39.7 Å². The third kappa shape index (κ3) is 3.49. The molecule has 0 saturated heterocycles. The molecule has 98 valence electrons. The van der Waals surface area contributed by atoms with E-state index in [1.807, 2.05) is 0 Å². The van der Waals surface area contributed by atoms with Gasteiger partial charge in [-0.2, -0.15) is 4.39 Å². The van der Waals surface area contributed by atoms with Crippen molar-refractivity contribution in [2.24, 2.45) is 5.73 Å². The lowest BCUT2D eigenvalue weighted by atomic mass is 10.1. The molecule has 1 atom stereocenters. The van der Waals surface area contributed by atoms with Crippen LogP contribution in [0.3, 0.4) is 0 Å². The van der Waals surface area contributed by atoms with Crippen molar-refractivity contribution in [3.8, 4) is 0 Å². The van der Waals surface area contributed by atoms with Crippen molar-refractivity contribution >= 4 is 11.7 Å². The summed E-state index contributed by atoms with van der Waals surface area (Å²) in [5.41, 5.74) is 5.33. The number of benzene rings is 1. The van der Waals surface area contributed by atoms with Gasteiger partial charge in [-0.15, -0.1) is 0 Å². The zero-order chi connectivity index (χ0) is 13.7. The summed E-state index contributed by atoms with van der Waals surface area (Å²) in [5, 5.41) is 10.5. The van der Waals surface area contributed by atoms with Crippen LogP contribution < -0.4 is 5.73 Å². The predicted molar refractivity (Wildman–Crippen MR) is 61.4 cm³/mol. The molecule has 0 aliphatic rings. The van der Waals surface area contributed by atoms with Gasteiger partial charge in [0, 0.05) is 6.07 Å². The van der Waals surface area contributed by atoms with Crippen LogP contribution in [-0.4, -0.2) is 23.5 Å². The van der Waals surface area contributed by atoms with Crippen LogP contribution in [0.15, 0.2) is 18.2 Å². The molecule has 0 bridgehead atoms. The van der Waals surface area contributed by atoms with Gasteiger partial charge in [0.2, 0.25) is 5.82 Å². The molecule has 7 heteroatoms. The smallest absolute Gasteiger partial charge is 0.323 e. The average Bonchev–Trinajstić information content (AvgIpc) is 2.31. The number of esters is 1. The second kappa shape index (κ2) is 6.06. The number of ether oxygens (including phenoxy) is 1. The first-order valence-corrected chi connectivity index (χ1v) is 5.30. The standard InChI is InChI=1S/C11H13FN2O4/c1-2-18-11(15)9(13)5-7-3-4-8(12)10(6-7)14(16)17/h3-4,6,9H,2,5,13H2,1H3. The molecule has 0 saturated carbocycles. The predicted octanol–water partition coefficient (Wildman–Crippen LogP) is 1.17. The zero-order valence-corrected chi connectivity index (χ0v) is 9.76. The number of rotatable bonds is 5. The van der Waals surface area contributed by atoms with Gasteiger partial charge in [0.1, 0.15) is 6.04 Å². The highest BCUT2D eigenvalue weighted by molar-refractivity contribution is 5.75. The first kappa shape index (κ1) is 14.0. The van der Waals surface area contributed by atoms with Gasteiger partial charge in [0.25, 0.3) is 0 Å². The Balaban J connectivity index is 2.82. The van der Waals surface area contributed by atoms with Gasteiger partial charge in [-0.05, 0) is 25.0 Å². The van der Waals surface area contributed by atoms with Crippen LogP contribution in [-0.2, 0) is 16.0 Å². The van der Waals surface area contributed by atoms with E-state index in [0.717, 1.165) is 12.1 Å². The number of nitrogens with two attached hydrogens (primary N) is 1. The van der Waals surface area contributed by atoms with Gasteiger partial charge >= 0.3 is 11.7 Å². The van der Waals surface area contributed by atoms with E-state index in [-0.39, 0.29) is 13.0 Å². The maximum absolute atomic E-state index is 13.1. The maximum atomic E-state index is 13.1. The van der Waals surface area contributed by atoms with Crippen molar-refractivity contribution in [2.45, 2.75) is 19.4 Å². The van der Waals surface area contributed by atoms with Crippen LogP contribution in [0.2, 0.25) is 0 Å². The number of nitro benzene ring substituents is 1. The fraction of sp³-hybridized carbons (Fsp3) is 0.364. The van der Waals surface area contributed by atoms with Gasteiger partial charge in [-0.1, -0.05) is 6.07 Å². The summed E-state index contributed by atoms with van der Waals surface area (Å²) in [6.07, 6.45) is 0.0555. The van der Waals surface area contributed by atoms with Crippen molar-refractivity contribution < 1.29 is 18.8 Å². The second-order valence-corrected chi connectivity index (χ2v) is 3.61. The molecule has 0 heterocycles. The summed E-state index contributed by atoms with van der Waals surface area (Å²) in [5.74, 6) is -1.52. The van der Waals surface area contributed by atoms with Crippen LogP contribution in [0.4, 0.5) is 10.1 Å². The molecule has 0 aromatic heterocycles. The number of carbonyl (C=O) groups excluding carboxylic acids is 1. The highest BCUT2D eigenvalue weighted by atomic mass is 19.1. The number of halogens is 1. The van der Waals surface area contributed by atoms with Crippen LogP contribution in [0.25, 0.3) is 0 Å². The number of nitrogens with zero attached hydrogens (tertiary/aromatic N) is 1. The Kier molecular flexibility index (Phi) is 4.73. The highest BCUT2D eigenvalue weighted by Gasteiger charge is 2.19. The number of carbonyl (C=O) groups is 1. The molecule has 0 fully saturated rings. The molecule has 1 rings (SSSR count). The van der Waals surface area contributed by atoms with E-state index in [2.05, 4.69) is 0 Å². The first-order chi connectivity index (χ1) is 8.45. The minimum Gasteiger partial charge on any atom is -0.465 e. The first-order valence-electron chi connectivity index (χ1n) is 5.30. The van der Waals surface area contributed by atoms with Crippen molar-refractivity contribution in [1.29, 1.82) is 0 Å². The molecule has 1 unspecified atom stereocenters. The van der Waals surface area contributed by atoms with Gasteiger partial charge in [0.15, 0.2) is 0 Å². The summed E-state index contributed by atoms with van der Waals surface area (Å²) in [7, 11) is 0. The van der Waals surface area contributed by atoms with E-state index >= 15 is 0 Å². The Labute approximate surface area is 103 Å². The van der Waals surface area contributed by atoms with Crippen molar-refractivity contribution in [2.75, 3.05) is 6.61 Å². The minimum absolute atomic E-state index is 0.0555. The van der Waals surface area contributed by atoms with Crippen molar-refractivity contribution in [3.63, 3.8) is 0 Å². The third-order valence-electron chi connectivity index (χ3n) is 2.25. The third-order valence-corrected chi connectivity index (χ3v) is 2.25. The molecular weight excluding hydrogens is 243 g/mol. The fourth-order valence-corrected chi connectivity index (χ4v) is 1.41.